The summed E-state index contributed by atoms with van der Waals surface area (Å²) in [5.41, 5.74) is 0.681. The molecule has 1 aliphatic rings. The minimum Gasteiger partial charge on any atom is -0.433 e. The zero-order valence-corrected chi connectivity index (χ0v) is 20.4. The summed E-state index contributed by atoms with van der Waals surface area (Å²) in [6.07, 6.45) is 4.66. The summed E-state index contributed by atoms with van der Waals surface area (Å²) in [6, 6.07) is 7.05. The number of aliphatic imine (C=N–C) groups is 1. The highest BCUT2D eigenvalue weighted by atomic mass is 127. The van der Waals surface area contributed by atoms with E-state index in [1.54, 1.807) is 19.2 Å². The zero-order valence-electron chi connectivity index (χ0n) is 18.1. The highest BCUT2D eigenvalue weighted by molar-refractivity contribution is 14.0. The first-order chi connectivity index (χ1) is 14.5. The van der Waals surface area contributed by atoms with Crippen molar-refractivity contribution >= 4 is 35.6 Å². The molecule has 1 aromatic carbocycles. The highest BCUT2D eigenvalue weighted by Crippen LogP contribution is 2.31. The standard InChI is InChI=1S/C21H30F2N6O.HI/c1-15(2)13-29-11-9-25-19(29)12-26-21(24-3)27-16-8-10-28(14-16)17-6-4-5-7-18(17)30-20(22)23;/h4-7,9,11,15-16,20H,8,10,12-14H2,1-3H3,(H2,24,26,27);1H. The Labute approximate surface area is 199 Å². The number of alkyl halides is 2. The Bertz CT molecular complexity index is 845. The second-order valence-corrected chi connectivity index (χ2v) is 7.74. The van der Waals surface area contributed by atoms with Crippen LogP contribution in [0.2, 0.25) is 0 Å². The number of benzene rings is 1. The molecule has 172 valence electrons. The second kappa shape index (κ2) is 12.1. The van der Waals surface area contributed by atoms with E-state index in [-0.39, 0.29) is 35.8 Å². The lowest BCUT2D eigenvalue weighted by Gasteiger charge is -2.22. The van der Waals surface area contributed by atoms with Crippen molar-refractivity contribution in [1.29, 1.82) is 0 Å². The smallest absolute Gasteiger partial charge is 0.387 e. The topological polar surface area (TPSA) is 66.7 Å². The minimum atomic E-state index is -2.84. The summed E-state index contributed by atoms with van der Waals surface area (Å²) in [6.45, 7) is 4.42. The van der Waals surface area contributed by atoms with Crippen molar-refractivity contribution < 1.29 is 13.5 Å². The van der Waals surface area contributed by atoms with E-state index in [9.17, 15) is 8.78 Å². The van der Waals surface area contributed by atoms with Gasteiger partial charge in [0, 0.05) is 45.1 Å². The predicted molar refractivity (Wildman–Crippen MR) is 130 cm³/mol. The molecule has 0 saturated carbocycles. The number of halogens is 3. The number of rotatable bonds is 8. The van der Waals surface area contributed by atoms with Gasteiger partial charge >= 0.3 is 6.61 Å². The van der Waals surface area contributed by atoms with Crippen molar-refractivity contribution in [2.45, 2.75) is 46.0 Å². The molecule has 0 spiro atoms. The SMILES string of the molecule is CN=C(NCc1nccn1CC(C)C)NC1CCN(c2ccccc2OC(F)F)C1.I. The molecule has 0 bridgehead atoms. The fraction of sp³-hybridized carbons (Fsp3) is 0.524. The molecule has 7 nitrogen and oxygen atoms in total. The van der Waals surface area contributed by atoms with Gasteiger partial charge in [-0.3, -0.25) is 4.99 Å². The first kappa shape index (κ1) is 25.2. The number of guanidine groups is 1. The number of anilines is 1. The van der Waals surface area contributed by atoms with Crippen LogP contribution in [-0.4, -0.2) is 48.3 Å². The Morgan fingerprint density at radius 1 is 1.32 bits per heavy atom. The van der Waals surface area contributed by atoms with Gasteiger partial charge in [0.2, 0.25) is 0 Å². The highest BCUT2D eigenvalue weighted by Gasteiger charge is 2.26. The molecular weight excluding hydrogens is 517 g/mol. The van der Waals surface area contributed by atoms with E-state index in [2.05, 4.69) is 48.7 Å². The number of ether oxygens (including phenoxy) is 1. The molecule has 0 aliphatic carbocycles. The lowest BCUT2D eigenvalue weighted by molar-refractivity contribution is -0.0495. The van der Waals surface area contributed by atoms with Gasteiger partial charge in [-0.2, -0.15) is 8.78 Å². The molecule has 3 rings (SSSR count). The molecule has 2 aromatic rings. The van der Waals surface area contributed by atoms with Crippen molar-refractivity contribution in [3.8, 4) is 5.75 Å². The number of hydrogen-bond donors (Lipinski definition) is 2. The predicted octanol–water partition coefficient (Wildman–Crippen LogP) is 3.70. The summed E-state index contributed by atoms with van der Waals surface area (Å²) >= 11 is 0. The molecule has 1 saturated heterocycles. The van der Waals surface area contributed by atoms with E-state index in [1.165, 1.54) is 0 Å². The summed E-state index contributed by atoms with van der Waals surface area (Å²) in [7, 11) is 1.73. The van der Waals surface area contributed by atoms with Gasteiger partial charge in [0.1, 0.15) is 11.6 Å². The Morgan fingerprint density at radius 2 is 2.10 bits per heavy atom. The number of nitrogens with zero attached hydrogens (tertiary/aromatic N) is 4. The quantitative estimate of drug-likeness (QED) is 0.299. The Morgan fingerprint density at radius 3 is 2.81 bits per heavy atom. The molecule has 1 atom stereocenters. The summed E-state index contributed by atoms with van der Waals surface area (Å²) in [4.78, 5) is 10.8. The number of hydrogen-bond acceptors (Lipinski definition) is 4. The van der Waals surface area contributed by atoms with Gasteiger partial charge < -0.3 is 24.8 Å². The first-order valence-electron chi connectivity index (χ1n) is 10.2. The van der Waals surface area contributed by atoms with E-state index >= 15 is 0 Å². The largest absolute Gasteiger partial charge is 0.433 e. The van der Waals surface area contributed by atoms with E-state index in [4.69, 9.17) is 0 Å². The maximum Gasteiger partial charge on any atom is 0.387 e. The van der Waals surface area contributed by atoms with Crippen LogP contribution in [0.1, 0.15) is 26.1 Å². The van der Waals surface area contributed by atoms with Crippen LogP contribution in [0.5, 0.6) is 5.75 Å². The molecular formula is C21H31F2IN6O. The average molecular weight is 548 g/mol. The van der Waals surface area contributed by atoms with Crippen LogP contribution in [0.4, 0.5) is 14.5 Å². The van der Waals surface area contributed by atoms with Gasteiger partial charge in [0.25, 0.3) is 0 Å². The maximum absolute atomic E-state index is 12.7. The van der Waals surface area contributed by atoms with Crippen molar-refractivity contribution in [1.82, 2.24) is 20.2 Å². The van der Waals surface area contributed by atoms with E-state index in [0.717, 1.165) is 25.3 Å². The van der Waals surface area contributed by atoms with Crippen molar-refractivity contribution in [2.24, 2.45) is 10.9 Å². The van der Waals surface area contributed by atoms with Crippen LogP contribution < -0.4 is 20.3 Å². The third-order valence-electron chi connectivity index (χ3n) is 4.95. The summed E-state index contributed by atoms with van der Waals surface area (Å²) in [5.74, 6) is 2.39. The third-order valence-corrected chi connectivity index (χ3v) is 4.95. The average Bonchev–Trinajstić information content (AvgIpc) is 3.34. The Hall–Kier alpha value is -2.11. The van der Waals surface area contributed by atoms with Crippen LogP contribution in [-0.2, 0) is 13.1 Å². The third kappa shape index (κ3) is 7.22. The molecule has 2 N–H and O–H groups in total. The van der Waals surface area contributed by atoms with Crippen molar-refractivity contribution in [3.63, 3.8) is 0 Å². The molecule has 2 heterocycles. The molecule has 10 heteroatoms. The fourth-order valence-electron chi connectivity index (χ4n) is 3.63. The number of nitrogens with one attached hydrogen (secondary N) is 2. The second-order valence-electron chi connectivity index (χ2n) is 7.74. The van der Waals surface area contributed by atoms with E-state index in [0.29, 0.717) is 30.7 Å². The van der Waals surface area contributed by atoms with Gasteiger partial charge in [-0.05, 0) is 24.5 Å². The van der Waals surface area contributed by atoms with Crippen LogP contribution in [0.25, 0.3) is 0 Å². The summed E-state index contributed by atoms with van der Waals surface area (Å²) in [5, 5.41) is 6.74. The fourth-order valence-corrected chi connectivity index (χ4v) is 3.63. The number of para-hydroxylation sites is 2. The molecule has 1 unspecified atom stereocenters. The van der Waals surface area contributed by atoms with Crippen LogP contribution in [0.3, 0.4) is 0 Å². The number of aromatic nitrogens is 2. The van der Waals surface area contributed by atoms with E-state index in [1.807, 2.05) is 24.5 Å². The van der Waals surface area contributed by atoms with Crippen molar-refractivity contribution in [3.05, 3.63) is 42.5 Å². The number of imidazole rings is 1. The Kier molecular flexibility index (Phi) is 9.79. The van der Waals surface area contributed by atoms with Gasteiger partial charge in [0.15, 0.2) is 5.96 Å². The monoisotopic (exact) mass is 548 g/mol. The Balaban J connectivity index is 0.00000341. The molecule has 1 aliphatic heterocycles. The lowest BCUT2D eigenvalue weighted by atomic mass is 10.2. The molecule has 0 radical (unpaired) electrons. The van der Waals surface area contributed by atoms with Crippen LogP contribution >= 0.6 is 24.0 Å². The van der Waals surface area contributed by atoms with Gasteiger partial charge in [-0.25, -0.2) is 4.98 Å². The van der Waals surface area contributed by atoms with Crippen LogP contribution in [0.15, 0.2) is 41.7 Å². The lowest BCUT2D eigenvalue weighted by Crippen LogP contribution is -2.44. The molecule has 0 amide bonds. The molecule has 1 fully saturated rings. The van der Waals surface area contributed by atoms with Gasteiger partial charge in [-0.1, -0.05) is 26.0 Å². The minimum absolute atomic E-state index is 0. The summed E-state index contributed by atoms with van der Waals surface area (Å²) < 4.78 is 32.2. The molecule has 1 aromatic heterocycles. The van der Waals surface area contributed by atoms with Crippen LogP contribution in [0, 0.1) is 5.92 Å². The van der Waals surface area contributed by atoms with E-state index < -0.39 is 6.61 Å². The zero-order chi connectivity index (χ0) is 21.5. The maximum atomic E-state index is 12.7. The molecule has 31 heavy (non-hydrogen) atoms. The van der Waals surface area contributed by atoms with Gasteiger partial charge in [-0.15, -0.1) is 24.0 Å². The first-order valence-corrected chi connectivity index (χ1v) is 10.2. The van der Waals surface area contributed by atoms with Crippen molar-refractivity contribution in [2.75, 3.05) is 25.0 Å². The van der Waals surface area contributed by atoms with Gasteiger partial charge in [0.05, 0.1) is 12.2 Å². The normalized spacial score (nSPS) is 16.5.